The van der Waals surface area contributed by atoms with Gasteiger partial charge in [-0.2, -0.15) is 5.26 Å². The number of rotatable bonds is 6. The molecule has 2 fully saturated rings. The molecule has 1 atom stereocenters. The molecule has 4 aromatic rings. The molecule has 6 rings (SSSR count). The van der Waals surface area contributed by atoms with Gasteiger partial charge in [-0.25, -0.2) is 15.0 Å². The Morgan fingerprint density at radius 3 is 2.67 bits per heavy atom. The van der Waals surface area contributed by atoms with Crippen LogP contribution in [0.1, 0.15) is 42.7 Å². The molecule has 1 aliphatic heterocycles. The molecule has 2 aliphatic rings. The summed E-state index contributed by atoms with van der Waals surface area (Å²) in [6.45, 7) is 1.04. The van der Waals surface area contributed by atoms with Crippen LogP contribution in [0.25, 0.3) is 22.0 Å². The van der Waals surface area contributed by atoms with Crippen molar-refractivity contribution < 1.29 is 5.11 Å². The summed E-state index contributed by atoms with van der Waals surface area (Å²) in [5.41, 5.74) is 3.74. The largest absolute Gasteiger partial charge is 0.394 e. The van der Waals surface area contributed by atoms with Gasteiger partial charge in [0.05, 0.1) is 30.0 Å². The van der Waals surface area contributed by atoms with E-state index in [4.69, 9.17) is 9.97 Å². The van der Waals surface area contributed by atoms with E-state index >= 15 is 0 Å². The third-order valence-electron chi connectivity index (χ3n) is 6.94. The normalized spacial score (nSPS) is 17.0. The Morgan fingerprint density at radius 2 is 1.86 bits per heavy atom. The van der Waals surface area contributed by atoms with Crippen molar-refractivity contribution in [3.8, 4) is 17.3 Å². The first-order valence-electron chi connectivity index (χ1n) is 12.1. The van der Waals surface area contributed by atoms with Crippen LogP contribution in [0, 0.1) is 11.3 Å². The van der Waals surface area contributed by atoms with Gasteiger partial charge in [0.2, 0.25) is 0 Å². The maximum absolute atomic E-state index is 9.87. The molecule has 1 saturated heterocycles. The summed E-state index contributed by atoms with van der Waals surface area (Å²) >= 11 is 0. The quantitative estimate of drug-likeness (QED) is 0.358. The van der Waals surface area contributed by atoms with Crippen molar-refractivity contribution in [3.63, 3.8) is 0 Å². The minimum atomic E-state index is 0. The molecule has 1 saturated carbocycles. The van der Waals surface area contributed by atoms with Gasteiger partial charge in [-0.1, -0.05) is 12.1 Å². The molecule has 1 aromatic carbocycles. The lowest BCUT2D eigenvalue weighted by atomic mass is 10.0. The Kier molecular flexibility index (Phi) is 6.73. The van der Waals surface area contributed by atoms with Crippen molar-refractivity contribution in [1.29, 1.82) is 5.26 Å². The number of nitrogens with zero attached hydrogens (tertiary/aromatic N) is 5. The smallest absolute Gasteiger partial charge is 0.136 e. The molecule has 182 valence electrons. The highest BCUT2D eigenvalue weighted by Crippen LogP contribution is 2.42. The van der Waals surface area contributed by atoms with E-state index in [2.05, 4.69) is 51.6 Å². The van der Waals surface area contributed by atoms with E-state index in [1.807, 2.05) is 12.3 Å². The number of aliphatic hydroxyl groups is 1. The Morgan fingerprint density at radius 1 is 1.00 bits per heavy atom. The Balaban J connectivity index is 0.00000267. The maximum atomic E-state index is 9.87. The fourth-order valence-electron chi connectivity index (χ4n) is 4.96. The number of hydrogen-bond acceptors (Lipinski definition) is 7. The molecular weight excluding hydrogens is 472 g/mol. The summed E-state index contributed by atoms with van der Waals surface area (Å²) < 4.78 is 0. The number of fused-ring (bicyclic) bond motifs is 1. The SMILES string of the molecule is Cl.N#Cc1ccnc(Nc2cc(C3CC3)cc(-c3ccc4ccnc(N5CCC[C@H]5CO)c4c3)n2)c1. The Hall–Kier alpha value is -3.73. The van der Waals surface area contributed by atoms with E-state index in [1.54, 1.807) is 18.3 Å². The summed E-state index contributed by atoms with van der Waals surface area (Å²) in [6, 6.07) is 18.4. The molecule has 1 aliphatic carbocycles. The Bertz CT molecular complexity index is 1450. The second-order valence-corrected chi connectivity index (χ2v) is 9.35. The van der Waals surface area contributed by atoms with E-state index in [1.165, 1.54) is 18.4 Å². The van der Waals surface area contributed by atoms with Gasteiger partial charge in [-0.15, -0.1) is 12.4 Å². The van der Waals surface area contributed by atoms with Crippen molar-refractivity contribution in [3.05, 3.63) is 72.1 Å². The molecule has 3 aromatic heterocycles. The average Bonchev–Trinajstić information content (AvgIpc) is 3.65. The lowest BCUT2D eigenvalue weighted by Crippen LogP contribution is -2.32. The van der Waals surface area contributed by atoms with Gasteiger partial charge in [0.15, 0.2) is 0 Å². The van der Waals surface area contributed by atoms with Crippen LogP contribution in [0.5, 0.6) is 0 Å². The first-order chi connectivity index (χ1) is 17.2. The molecule has 7 nitrogen and oxygen atoms in total. The van der Waals surface area contributed by atoms with Crippen LogP contribution in [0.3, 0.4) is 0 Å². The molecule has 4 heterocycles. The van der Waals surface area contributed by atoms with E-state index < -0.39 is 0 Å². The highest BCUT2D eigenvalue weighted by molar-refractivity contribution is 5.95. The standard InChI is InChI=1S/C28H26N6O.ClH/c29-16-18-7-9-30-26(12-18)33-27-15-22(19-3-4-19)14-25(32-27)21-6-5-20-8-10-31-28(24(20)13-21)34-11-1-2-23(34)17-35;/h5-10,12-15,19,23,35H,1-4,11,17H2,(H,30,32,33);1H/t23-;/m0./s1. The number of nitriles is 1. The van der Waals surface area contributed by atoms with Gasteiger partial charge < -0.3 is 15.3 Å². The number of hydrogen-bond donors (Lipinski definition) is 2. The second-order valence-electron chi connectivity index (χ2n) is 9.35. The van der Waals surface area contributed by atoms with Crippen molar-refractivity contribution in [2.75, 3.05) is 23.4 Å². The van der Waals surface area contributed by atoms with Crippen LogP contribution < -0.4 is 10.2 Å². The van der Waals surface area contributed by atoms with E-state index in [0.717, 1.165) is 53.1 Å². The fraction of sp³-hybridized carbons (Fsp3) is 0.286. The predicted molar refractivity (Wildman–Crippen MR) is 144 cm³/mol. The van der Waals surface area contributed by atoms with Gasteiger partial charge in [-0.05, 0) is 78.9 Å². The summed E-state index contributed by atoms with van der Waals surface area (Å²) in [4.78, 5) is 16.2. The van der Waals surface area contributed by atoms with E-state index in [-0.39, 0.29) is 25.1 Å². The first-order valence-corrected chi connectivity index (χ1v) is 12.1. The van der Waals surface area contributed by atoms with Gasteiger partial charge >= 0.3 is 0 Å². The molecule has 0 unspecified atom stereocenters. The van der Waals surface area contributed by atoms with Crippen molar-refractivity contribution in [2.45, 2.75) is 37.6 Å². The number of aliphatic hydroxyl groups excluding tert-OH is 1. The third kappa shape index (κ3) is 4.70. The number of nitrogens with one attached hydrogen (secondary N) is 1. The highest BCUT2D eigenvalue weighted by Gasteiger charge is 2.27. The number of halogens is 1. The van der Waals surface area contributed by atoms with Crippen molar-refractivity contribution in [1.82, 2.24) is 15.0 Å². The summed E-state index contributed by atoms with van der Waals surface area (Å²) in [6.07, 6.45) is 7.89. The maximum Gasteiger partial charge on any atom is 0.136 e. The van der Waals surface area contributed by atoms with Gasteiger partial charge in [0.1, 0.15) is 17.5 Å². The Labute approximate surface area is 216 Å². The minimum Gasteiger partial charge on any atom is -0.394 e. The molecule has 0 amide bonds. The van der Waals surface area contributed by atoms with Crippen molar-refractivity contribution >= 4 is 40.6 Å². The number of anilines is 3. The molecular formula is C28H27ClN6O. The molecule has 0 bridgehead atoms. The molecule has 2 N–H and O–H groups in total. The van der Waals surface area contributed by atoms with E-state index in [0.29, 0.717) is 17.3 Å². The number of pyridine rings is 3. The zero-order valence-corrected chi connectivity index (χ0v) is 20.6. The zero-order valence-electron chi connectivity index (χ0n) is 19.8. The lowest BCUT2D eigenvalue weighted by Gasteiger charge is -2.25. The van der Waals surface area contributed by atoms with Crippen LogP contribution >= 0.6 is 12.4 Å². The van der Waals surface area contributed by atoms with Gasteiger partial charge in [-0.3, -0.25) is 0 Å². The zero-order chi connectivity index (χ0) is 23.8. The molecule has 8 heteroatoms. The van der Waals surface area contributed by atoms with Gasteiger partial charge in [0.25, 0.3) is 0 Å². The monoisotopic (exact) mass is 498 g/mol. The third-order valence-corrected chi connectivity index (χ3v) is 6.94. The van der Waals surface area contributed by atoms with Crippen LogP contribution in [-0.4, -0.2) is 39.3 Å². The summed E-state index contributed by atoms with van der Waals surface area (Å²) in [5.74, 6) is 2.81. The van der Waals surface area contributed by atoms with Crippen molar-refractivity contribution in [2.24, 2.45) is 0 Å². The van der Waals surface area contributed by atoms with Crippen LogP contribution in [0.4, 0.5) is 17.5 Å². The minimum absolute atomic E-state index is 0. The van der Waals surface area contributed by atoms with Gasteiger partial charge in [0, 0.05) is 29.9 Å². The van der Waals surface area contributed by atoms with Crippen LogP contribution in [0.2, 0.25) is 0 Å². The second kappa shape index (κ2) is 10.1. The summed E-state index contributed by atoms with van der Waals surface area (Å²) in [7, 11) is 0. The number of benzene rings is 1. The topological polar surface area (TPSA) is 98.0 Å². The fourth-order valence-corrected chi connectivity index (χ4v) is 4.96. The van der Waals surface area contributed by atoms with Crippen LogP contribution in [0.15, 0.2) is 60.9 Å². The molecule has 36 heavy (non-hydrogen) atoms. The average molecular weight is 499 g/mol. The number of aromatic nitrogens is 3. The highest BCUT2D eigenvalue weighted by atomic mass is 35.5. The summed E-state index contributed by atoms with van der Waals surface area (Å²) in [5, 5.41) is 24.6. The molecule has 0 spiro atoms. The lowest BCUT2D eigenvalue weighted by molar-refractivity contribution is 0.266. The predicted octanol–water partition coefficient (Wildman–Crippen LogP) is 5.57. The molecule has 0 radical (unpaired) electrons. The van der Waals surface area contributed by atoms with E-state index in [9.17, 15) is 10.4 Å². The first kappa shape index (κ1) is 24.0. The van der Waals surface area contributed by atoms with Crippen LogP contribution in [-0.2, 0) is 0 Å².